The molecular weight excluding hydrogens is 370 g/mol. The quantitative estimate of drug-likeness (QED) is 0.628. The van der Waals surface area contributed by atoms with Crippen LogP contribution in [-0.4, -0.2) is 42.6 Å². The topological polar surface area (TPSA) is 111 Å². The van der Waals surface area contributed by atoms with Crippen LogP contribution in [0, 0.1) is 13.8 Å². The molecule has 0 aliphatic carbocycles. The number of hydrogen-bond donors (Lipinski definition) is 1. The van der Waals surface area contributed by atoms with Gasteiger partial charge in [0.05, 0.1) is 16.4 Å². The lowest BCUT2D eigenvalue weighted by atomic mass is 9.91. The van der Waals surface area contributed by atoms with Gasteiger partial charge >= 0.3 is 0 Å². The Kier molecular flexibility index (Phi) is 4.81. The molecule has 2 heterocycles. The second-order valence-corrected chi connectivity index (χ2v) is 8.47. The average molecular weight is 391 g/mol. The number of fused-ring (bicyclic) bond motifs is 1. The third-order valence-electron chi connectivity index (χ3n) is 4.78. The fraction of sp³-hybridized carbons (Fsp3) is 0.389. The van der Waals surface area contributed by atoms with E-state index >= 15 is 0 Å². The first-order valence-corrected chi connectivity index (χ1v) is 10.2. The van der Waals surface area contributed by atoms with Gasteiger partial charge in [-0.05, 0) is 38.0 Å². The number of aromatic amines is 1. The van der Waals surface area contributed by atoms with Crippen molar-refractivity contribution in [2.24, 2.45) is 5.16 Å². The number of rotatable bonds is 4. The van der Waals surface area contributed by atoms with E-state index in [1.807, 2.05) is 0 Å². The number of carbonyl (C=O) groups excluding carboxylic acids is 1. The number of ketones is 1. The minimum absolute atomic E-state index is 0.0168. The molecule has 9 heteroatoms. The number of H-pyrrole nitrogens is 1. The predicted molar refractivity (Wildman–Crippen MR) is 100 cm³/mol. The summed E-state index contributed by atoms with van der Waals surface area (Å²) in [7, 11) is -2.09. The molecule has 1 N–H and O–H groups in total. The number of hydrogen-bond acceptors (Lipinski definition) is 6. The molecular formula is C18H21N3O5S. The van der Waals surface area contributed by atoms with Crippen molar-refractivity contribution in [3.63, 3.8) is 0 Å². The van der Waals surface area contributed by atoms with Crippen LogP contribution in [-0.2, 0) is 21.2 Å². The molecule has 0 radical (unpaired) electrons. The van der Waals surface area contributed by atoms with E-state index in [2.05, 4.69) is 10.3 Å². The van der Waals surface area contributed by atoms with Crippen molar-refractivity contribution in [3.8, 4) is 0 Å². The molecule has 0 saturated heterocycles. The van der Waals surface area contributed by atoms with E-state index in [4.69, 9.17) is 4.84 Å². The molecule has 0 spiro atoms. The van der Waals surface area contributed by atoms with E-state index in [-0.39, 0.29) is 28.2 Å². The van der Waals surface area contributed by atoms with Crippen LogP contribution < -0.4 is 5.56 Å². The summed E-state index contributed by atoms with van der Waals surface area (Å²) < 4.78 is 26.5. The molecule has 0 fully saturated rings. The highest BCUT2D eigenvalue weighted by molar-refractivity contribution is 7.91. The fourth-order valence-corrected chi connectivity index (χ4v) is 5.28. The zero-order valence-corrected chi connectivity index (χ0v) is 16.4. The van der Waals surface area contributed by atoms with Gasteiger partial charge in [-0.2, -0.15) is 0 Å². The Labute approximate surface area is 156 Å². The lowest BCUT2D eigenvalue weighted by Crippen LogP contribution is -2.27. The average Bonchev–Trinajstić information content (AvgIpc) is 2.99. The molecule has 0 saturated carbocycles. The van der Waals surface area contributed by atoms with Crippen molar-refractivity contribution < 1.29 is 18.0 Å². The first kappa shape index (κ1) is 19.1. The number of nitrogens with one attached hydrogen (secondary N) is 1. The van der Waals surface area contributed by atoms with Gasteiger partial charge < -0.3 is 9.94 Å². The SMILES string of the molecule is CCn1[nH]cc(C(=O)c2cc(C)c3c(c2C)/C(=N/OC)CCS3(=O)=O)c1=O. The normalized spacial score (nSPS) is 17.0. The summed E-state index contributed by atoms with van der Waals surface area (Å²) in [5, 5.41) is 6.73. The summed E-state index contributed by atoms with van der Waals surface area (Å²) in [5.41, 5.74) is 1.71. The lowest BCUT2D eigenvalue weighted by molar-refractivity contribution is 0.103. The highest BCUT2D eigenvalue weighted by atomic mass is 32.2. The van der Waals surface area contributed by atoms with Gasteiger partial charge in [-0.1, -0.05) is 5.16 Å². The maximum atomic E-state index is 13.0. The maximum Gasteiger partial charge on any atom is 0.277 e. The summed E-state index contributed by atoms with van der Waals surface area (Å²) in [6.07, 6.45) is 1.58. The van der Waals surface area contributed by atoms with Crippen LogP contribution in [0.2, 0.25) is 0 Å². The zero-order chi connectivity index (χ0) is 19.9. The lowest BCUT2D eigenvalue weighted by Gasteiger charge is -2.23. The van der Waals surface area contributed by atoms with Crippen LogP contribution in [0.25, 0.3) is 0 Å². The second kappa shape index (κ2) is 6.80. The molecule has 0 atom stereocenters. The van der Waals surface area contributed by atoms with E-state index in [0.717, 1.165) is 0 Å². The third-order valence-corrected chi connectivity index (χ3v) is 6.67. The Morgan fingerprint density at radius 1 is 1.33 bits per heavy atom. The minimum atomic E-state index is -3.48. The highest BCUT2D eigenvalue weighted by Crippen LogP contribution is 2.33. The molecule has 8 nitrogen and oxygen atoms in total. The Bertz CT molecular complexity index is 1120. The van der Waals surface area contributed by atoms with Crippen LogP contribution in [0.1, 0.15) is 46.0 Å². The first-order chi connectivity index (χ1) is 12.7. The first-order valence-electron chi connectivity index (χ1n) is 8.53. The summed E-state index contributed by atoms with van der Waals surface area (Å²) >= 11 is 0. The monoisotopic (exact) mass is 391 g/mol. The number of nitrogens with zero attached hydrogens (tertiary/aromatic N) is 2. The van der Waals surface area contributed by atoms with Crippen molar-refractivity contribution >= 4 is 21.3 Å². The molecule has 27 heavy (non-hydrogen) atoms. The molecule has 3 rings (SSSR count). The molecule has 0 bridgehead atoms. The fourth-order valence-electron chi connectivity index (χ4n) is 3.49. The summed E-state index contributed by atoms with van der Waals surface area (Å²) in [6, 6.07) is 1.53. The van der Waals surface area contributed by atoms with Crippen LogP contribution >= 0.6 is 0 Å². The van der Waals surface area contributed by atoms with E-state index in [9.17, 15) is 18.0 Å². The van der Waals surface area contributed by atoms with Crippen molar-refractivity contribution in [1.29, 1.82) is 0 Å². The number of oxime groups is 1. The van der Waals surface area contributed by atoms with E-state index in [0.29, 0.717) is 28.9 Å². The second-order valence-electron chi connectivity index (χ2n) is 6.43. The third kappa shape index (κ3) is 3.01. The van der Waals surface area contributed by atoms with Gasteiger partial charge in [-0.15, -0.1) is 0 Å². The molecule has 1 aliphatic rings. The van der Waals surface area contributed by atoms with Crippen molar-refractivity contribution in [1.82, 2.24) is 9.78 Å². The Hall–Kier alpha value is -2.68. The molecule has 2 aromatic rings. The molecule has 0 unspecified atom stereocenters. The standard InChI is InChI=1S/C18H21N3O5S/c1-5-21-18(23)13(9-19-21)16(22)12-8-10(2)17-15(11(12)3)14(20-26-4)6-7-27(17,24)25/h8-9,19H,5-7H2,1-4H3/b20-14+. The number of aromatic nitrogens is 2. The predicted octanol–water partition coefficient (Wildman–Crippen LogP) is 1.57. The van der Waals surface area contributed by atoms with Gasteiger partial charge in [-0.3, -0.25) is 14.3 Å². The van der Waals surface area contributed by atoms with Crippen molar-refractivity contribution in [2.75, 3.05) is 12.9 Å². The molecule has 1 aliphatic heterocycles. The summed E-state index contributed by atoms with van der Waals surface area (Å²) in [4.78, 5) is 30.4. The highest BCUT2D eigenvalue weighted by Gasteiger charge is 2.34. The van der Waals surface area contributed by atoms with Gasteiger partial charge in [0, 0.05) is 30.3 Å². The van der Waals surface area contributed by atoms with Gasteiger partial charge in [0.15, 0.2) is 15.6 Å². The zero-order valence-electron chi connectivity index (χ0n) is 15.6. The number of benzene rings is 1. The maximum absolute atomic E-state index is 13.0. The molecule has 144 valence electrons. The van der Waals surface area contributed by atoms with E-state index in [1.54, 1.807) is 20.8 Å². The van der Waals surface area contributed by atoms with Crippen molar-refractivity contribution in [2.45, 2.75) is 38.6 Å². The Morgan fingerprint density at radius 3 is 2.63 bits per heavy atom. The summed E-state index contributed by atoms with van der Waals surface area (Å²) in [5.74, 6) is -0.513. The van der Waals surface area contributed by atoms with Gasteiger partial charge in [-0.25, -0.2) is 8.42 Å². The number of carbonyl (C=O) groups is 1. The molecule has 0 amide bonds. The largest absolute Gasteiger partial charge is 0.399 e. The van der Waals surface area contributed by atoms with Crippen LogP contribution in [0.15, 0.2) is 27.1 Å². The number of sulfone groups is 1. The Balaban J connectivity index is 2.28. The minimum Gasteiger partial charge on any atom is -0.399 e. The smallest absolute Gasteiger partial charge is 0.277 e. The van der Waals surface area contributed by atoms with Gasteiger partial charge in [0.1, 0.15) is 12.7 Å². The van der Waals surface area contributed by atoms with Crippen LogP contribution in [0.4, 0.5) is 0 Å². The van der Waals surface area contributed by atoms with E-state index in [1.165, 1.54) is 24.1 Å². The summed E-state index contributed by atoms with van der Waals surface area (Å²) in [6.45, 7) is 5.52. The van der Waals surface area contributed by atoms with Gasteiger partial charge in [0.25, 0.3) is 5.56 Å². The number of aryl methyl sites for hydroxylation is 2. The van der Waals surface area contributed by atoms with Crippen molar-refractivity contribution in [3.05, 3.63) is 50.4 Å². The molecule has 1 aromatic heterocycles. The van der Waals surface area contributed by atoms with E-state index < -0.39 is 21.2 Å². The van der Waals surface area contributed by atoms with Crippen LogP contribution in [0.3, 0.4) is 0 Å². The Morgan fingerprint density at radius 2 is 2.04 bits per heavy atom. The molecule has 1 aromatic carbocycles. The van der Waals surface area contributed by atoms with Crippen LogP contribution in [0.5, 0.6) is 0 Å². The van der Waals surface area contributed by atoms with Gasteiger partial charge in [0.2, 0.25) is 0 Å².